The minimum absolute atomic E-state index is 0.132. The molecule has 0 N–H and O–H groups in total. The highest BCUT2D eigenvalue weighted by atomic mass is 16.6. The summed E-state index contributed by atoms with van der Waals surface area (Å²) in [5.41, 5.74) is 1.42. The second kappa shape index (κ2) is 3.67. The number of rotatable bonds is 3. The Kier molecular flexibility index (Phi) is 2.28. The van der Waals surface area contributed by atoms with Crippen molar-refractivity contribution >= 4 is 0 Å². The van der Waals surface area contributed by atoms with E-state index in [1.807, 2.05) is 6.07 Å². The Morgan fingerprint density at radius 1 is 1.19 bits per heavy atom. The minimum atomic E-state index is 0.132. The van der Waals surface area contributed by atoms with E-state index in [1.165, 1.54) is 5.56 Å². The summed E-state index contributed by atoms with van der Waals surface area (Å²) in [6.07, 6.45) is 2.11. The monoisotopic (exact) mass is 220 g/mol. The zero-order valence-electron chi connectivity index (χ0n) is 9.49. The first-order valence-corrected chi connectivity index (χ1v) is 5.78. The van der Waals surface area contributed by atoms with Crippen LogP contribution in [0.4, 0.5) is 0 Å². The number of hydrogen-bond acceptors (Lipinski definition) is 3. The molecule has 1 fully saturated rings. The lowest BCUT2D eigenvalue weighted by Gasteiger charge is -2.19. The molecule has 0 amide bonds. The van der Waals surface area contributed by atoms with Crippen molar-refractivity contribution in [1.82, 2.24) is 0 Å². The van der Waals surface area contributed by atoms with Crippen LogP contribution in [0.1, 0.15) is 18.9 Å². The quantitative estimate of drug-likeness (QED) is 0.731. The summed E-state index contributed by atoms with van der Waals surface area (Å²) in [6.45, 7) is 4.36. The van der Waals surface area contributed by atoms with E-state index in [2.05, 4.69) is 19.1 Å². The number of epoxide rings is 1. The first-order chi connectivity index (χ1) is 7.75. The van der Waals surface area contributed by atoms with Crippen LogP contribution in [0.5, 0.6) is 11.5 Å². The van der Waals surface area contributed by atoms with Crippen LogP contribution in [-0.2, 0) is 11.2 Å². The predicted octanol–water partition coefficient (Wildman–Crippen LogP) is 2.18. The third-order valence-electron chi connectivity index (χ3n) is 3.19. The normalized spacial score (nSPS) is 26.6. The maximum absolute atomic E-state index is 5.56. The lowest BCUT2D eigenvalue weighted by Crippen LogP contribution is -2.15. The smallest absolute Gasteiger partial charge is 0.161 e. The van der Waals surface area contributed by atoms with Crippen LogP contribution >= 0.6 is 0 Å². The molecule has 0 spiro atoms. The Labute approximate surface area is 95.3 Å². The second-order valence-corrected chi connectivity index (χ2v) is 4.72. The molecule has 86 valence electrons. The third kappa shape index (κ3) is 2.00. The highest BCUT2D eigenvalue weighted by molar-refractivity contribution is 5.43. The van der Waals surface area contributed by atoms with Crippen molar-refractivity contribution in [1.29, 1.82) is 0 Å². The van der Waals surface area contributed by atoms with Gasteiger partial charge in [0.1, 0.15) is 13.2 Å². The molecule has 1 atom stereocenters. The number of hydrogen-bond donors (Lipinski definition) is 0. The molecule has 0 saturated carbocycles. The third-order valence-corrected chi connectivity index (χ3v) is 3.19. The van der Waals surface area contributed by atoms with Crippen LogP contribution in [0.2, 0.25) is 0 Å². The SMILES string of the molecule is CC1(CCc2ccc3c(c2)OCCO3)CO1. The molecule has 16 heavy (non-hydrogen) atoms. The van der Waals surface area contributed by atoms with E-state index in [9.17, 15) is 0 Å². The van der Waals surface area contributed by atoms with Gasteiger partial charge >= 0.3 is 0 Å². The van der Waals surface area contributed by atoms with Gasteiger partial charge in [-0.1, -0.05) is 6.07 Å². The van der Waals surface area contributed by atoms with Crippen molar-refractivity contribution in [3.8, 4) is 11.5 Å². The average Bonchev–Trinajstić information content (AvgIpc) is 3.05. The fraction of sp³-hybridized carbons (Fsp3) is 0.538. The van der Waals surface area contributed by atoms with Gasteiger partial charge < -0.3 is 14.2 Å². The lowest BCUT2D eigenvalue weighted by molar-refractivity contribution is 0.171. The molecular formula is C13H16O3. The van der Waals surface area contributed by atoms with Crippen LogP contribution in [0, 0.1) is 0 Å². The van der Waals surface area contributed by atoms with Crippen LogP contribution in [-0.4, -0.2) is 25.4 Å². The van der Waals surface area contributed by atoms with Gasteiger partial charge in [-0.15, -0.1) is 0 Å². The van der Waals surface area contributed by atoms with Crippen molar-refractivity contribution in [2.45, 2.75) is 25.4 Å². The molecule has 0 radical (unpaired) electrons. The van der Waals surface area contributed by atoms with E-state index in [4.69, 9.17) is 14.2 Å². The van der Waals surface area contributed by atoms with Crippen molar-refractivity contribution in [3.05, 3.63) is 23.8 Å². The summed E-state index contributed by atoms with van der Waals surface area (Å²) in [4.78, 5) is 0. The summed E-state index contributed by atoms with van der Waals surface area (Å²) in [5, 5.41) is 0. The molecule has 1 unspecified atom stereocenters. The van der Waals surface area contributed by atoms with Gasteiger partial charge in [-0.25, -0.2) is 0 Å². The molecule has 0 aromatic heterocycles. The molecule has 3 nitrogen and oxygen atoms in total. The van der Waals surface area contributed by atoms with E-state index in [-0.39, 0.29) is 5.60 Å². The van der Waals surface area contributed by atoms with Crippen molar-refractivity contribution in [2.75, 3.05) is 19.8 Å². The van der Waals surface area contributed by atoms with E-state index in [1.54, 1.807) is 0 Å². The summed E-state index contributed by atoms with van der Waals surface area (Å²) in [7, 11) is 0. The lowest BCUT2D eigenvalue weighted by atomic mass is 10.0. The summed E-state index contributed by atoms with van der Waals surface area (Å²) in [6, 6.07) is 6.19. The molecule has 3 heteroatoms. The largest absolute Gasteiger partial charge is 0.486 e. The number of aryl methyl sites for hydroxylation is 1. The Morgan fingerprint density at radius 3 is 2.69 bits per heavy atom. The maximum Gasteiger partial charge on any atom is 0.161 e. The number of fused-ring (bicyclic) bond motifs is 1. The van der Waals surface area contributed by atoms with Crippen LogP contribution < -0.4 is 9.47 Å². The van der Waals surface area contributed by atoms with Gasteiger partial charge in [0.25, 0.3) is 0 Å². The molecule has 1 aromatic rings. The molecule has 1 aromatic carbocycles. The summed E-state index contributed by atoms with van der Waals surface area (Å²) >= 11 is 0. The standard InChI is InChI=1S/C13H16O3/c1-13(9-16-13)5-4-10-2-3-11-12(8-10)15-7-6-14-11/h2-3,8H,4-7,9H2,1H3. The molecule has 3 rings (SSSR count). The Morgan fingerprint density at radius 2 is 1.94 bits per heavy atom. The Balaban J connectivity index is 1.70. The molecule has 2 aliphatic heterocycles. The fourth-order valence-corrected chi connectivity index (χ4v) is 1.92. The number of ether oxygens (including phenoxy) is 3. The summed E-state index contributed by atoms with van der Waals surface area (Å²) in [5.74, 6) is 1.74. The van der Waals surface area contributed by atoms with Gasteiger partial charge in [-0.3, -0.25) is 0 Å². The minimum Gasteiger partial charge on any atom is -0.486 e. The van der Waals surface area contributed by atoms with Gasteiger partial charge in [0.2, 0.25) is 0 Å². The number of benzene rings is 1. The van der Waals surface area contributed by atoms with E-state index < -0.39 is 0 Å². The Hall–Kier alpha value is -1.22. The molecule has 1 saturated heterocycles. The van der Waals surface area contributed by atoms with Crippen molar-refractivity contribution in [3.63, 3.8) is 0 Å². The van der Waals surface area contributed by atoms with Crippen molar-refractivity contribution in [2.24, 2.45) is 0 Å². The van der Waals surface area contributed by atoms with Crippen LogP contribution in [0.15, 0.2) is 18.2 Å². The maximum atomic E-state index is 5.56. The van der Waals surface area contributed by atoms with Gasteiger partial charge in [-0.05, 0) is 37.5 Å². The van der Waals surface area contributed by atoms with E-state index in [0.717, 1.165) is 30.9 Å². The van der Waals surface area contributed by atoms with Gasteiger partial charge in [-0.2, -0.15) is 0 Å². The first kappa shape index (κ1) is 9.97. The molecular weight excluding hydrogens is 204 g/mol. The first-order valence-electron chi connectivity index (χ1n) is 5.78. The zero-order valence-corrected chi connectivity index (χ0v) is 9.49. The topological polar surface area (TPSA) is 31.0 Å². The fourth-order valence-electron chi connectivity index (χ4n) is 1.92. The molecule has 2 aliphatic rings. The summed E-state index contributed by atoms with van der Waals surface area (Å²) < 4.78 is 16.4. The van der Waals surface area contributed by atoms with E-state index in [0.29, 0.717) is 13.2 Å². The zero-order chi connectivity index (χ0) is 11.0. The van der Waals surface area contributed by atoms with Crippen LogP contribution in [0.25, 0.3) is 0 Å². The predicted molar refractivity (Wildman–Crippen MR) is 60.1 cm³/mol. The highest BCUT2D eigenvalue weighted by Gasteiger charge is 2.38. The molecule has 0 aliphatic carbocycles. The molecule has 2 heterocycles. The second-order valence-electron chi connectivity index (χ2n) is 4.72. The van der Waals surface area contributed by atoms with Gasteiger partial charge in [0.15, 0.2) is 11.5 Å². The van der Waals surface area contributed by atoms with E-state index >= 15 is 0 Å². The molecule has 0 bridgehead atoms. The van der Waals surface area contributed by atoms with Crippen molar-refractivity contribution < 1.29 is 14.2 Å². The van der Waals surface area contributed by atoms with Gasteiger partial charge in [0.05, 0.1) is 12.2 Å². The Bertz CT molecular complexity index is 396. The average molecular weight is 220 g/mol. The highest BCUT2D eigenvalue weighted by Crippen LogP contribution is 2.34. The van der Waals surface area contributed by atoms with Gasteiger partial charge in [0, 0.05) is 0 Å². The van der Waals surface area contributed by atoms with Crippen LogP contribution in [0.3, 0.4) is 0 Å².